The number of hydrogen-bond acceptors (Lipinski definition) is 0. The van der Waals surface area contributed by atoms with E-state index >= 15 is 0 Å². The Morgan fingerprint density at radius 3 is 1.47 bits per heavy atom. The van der Waals surface area contributed by atoms with E-state index in [-0.39, 0.29) is 0 Å². The normalized spacial score (nSPS) is 10.7. The first kappa shape index (κ1) is 16.6. The van der Waals surface area contributed by atoms with Gasteiger partial charge in [0, 0.05) is 0 Å². The number of hydrogen-bond donors (Lipinski definition) is 0. The summed E-state index contributed by atoms with van der Waals surface area (Å²) in [6, 6.07) is 10.7. The minimum Gasteiger partial charge on any atom is -0.0683 e. The summed E-state index contributed by atoms with van der Waals surface area (Å²) in [5, 5.41) is 0. The van der Waals surface area contributed by atoms with Crippen molar-refractivity contribution in [2.75, 3.05) is 0 Å². The fraction of sp³-hybridized carbons (Fsp3) is 0.600. The fourth-order valence-corrected chi connectivity index (χ4v) is 1.14. The summed E-state index contributed by atoms with van der Waals surface area (Å²) in [6.07, 6.45) is 0. The second-order valence-electron chi connectivity index (χ2n) is 3.44. The van der Waals surface area contributed by atoms with Crippen LogP contribution in [0.4, 0.5) is 0 Å². The van der Waals surface area contributed by atoms with Gasteiger partial charge >= 0.3 is 0 Å². The van der Waals surface area contributed by atoms with E-state index in [1.165, 1.54) is 5.56 Å². The van der Waals surface area contributed by atoms with Gasteiger partial charge in [-0.25, -0.2) is 0 Å². The Morgan fingerprint density at radius 2 is 1.13 bits per heavy atom. The van der Waals surface area contributed by atoms with Crippen LogP contribution in [-0.2, 0) is 0 Å². The summed E-state index contributed by atoms with van der Waals surface area (Å²) in [4.78, 5) is 0. The maximum atomic E-state index is 2.28. The van der Waals surface area contributed by atoms with Crippen LogP contribution in [0.1, 0.15) is 59.9 Å². The van der Waals surface area contributed by atoms with Gasteiger partial charge in [0.25, 0.3) is 0 Å². The first-order valence-corrected chi connectivity index (χ1v) is 6.26. The highest BCUT2D eigenvalue weighted by molar-refractivity contribution is 5.18. The smallest absolute Gasteiger partial charge is 0.0167 e. The van der Waals surface area contributed by atoms with Gasteiger partial charge in [0.1, 0.15) is 0 Å². The van der Waals surface area contributed by atoms with Crippen molar-refractivity contribution in [1.82, 2.24) is 0 Å². The van der Waals surface area contributed by atoms with E-state index in [9.17, 15) is 0 Å². The Hall–Kier alpha value is -0.780. The average Bonchev–Trinajstić information content (AvgIpc) is 2.34. The van der Waals surface area contributed by atoms with Crippen LogP contribution in [0, 0.1) is 5.92 Å². The van der Waals surface area contributed by atoms with Crippen molar-refractivity contribution >= 4 is 0 Å². The van der Waals surface area contributed by atoms with Crippen molar-refractivity contribution in [3.05, 3.63) is 35.9 Å². The Morgan fingerprint density at radius 1 is 0.733 bits per heavy atom. The molecule has 0 spiro atoms. The van der Waals surface area contributed by atoms with Crippen LogP contribution >= 0.6 is 0 Å². The molecule has 0 N–H and O–H groups in total. The Bertz CT molecular complexity index is 199. The van der Waals surface area contributed by atoms with Gasteiger partial charge in [0.2, 0.25) is 0 Å². The zero-order valence-corrected chi connectivity index (χ0v) is 11.5. The van der Waals surface area contributed by atoms with E-state index in [1.807, 2.05) is 27.7 Å². The molecule has 88 valence electrons. The van der Waals surface area contributed by atoms with Crippen molar-refractivity contribution in [3.8, 4) is 0 Å². The largest absolute Gasteiger partial charge is 0.0683 e. The Labute approximate surface area is 96.7 Å². The first-order chi connectivity index (χ1) is 7.22. The summed E-state index contributed by atoms with van der Waals surface area (Å²) in [5.74, 6) is 1.41. The monoisotopic (exact) mass is 208 g/mol. The van der Waals surface area contributed by atoms with E-state index in [2.05, 4.69) is 51.1 Å². The lowest BCUT2D eigenvalue weighted by molar-refractivity contribution is 0.535. The highest BCUT2D eigenvalue weighted by Gasteiger charge is 2.07. The molecule has 0 heterocycles. The van der Waals surface area contributed by atoms with Gasteiger partial charge in [-0.05, 0) is 17.4 Å². The SMILES string of the molecule is CC.CC.CC(C)C(C)c1ccccc1. The molecule has 0 fully saturated rings. The lowest BCUT2D eigenvalue weighted by Gasteiger charge is -2.15. The molecule has 0 radical (unpaired) electrons. The molecular weight excluding hydrogens is 180 g/mol. The maximum absolute atomic E-state index is 2.28. The van der Waals surface area contributed by atoms with Crippen LogP contribution in [0.15, 0.2) is 30.3 Å². The Balaban J connectivity index is 0. The lowest BCUT2D eigenvalue weighted by atomic mass is 9.91. The summed E-state index contributed by atoms with van der Waals surface area (Å²) in [5.41, 5.74) is 1.45. The van der Waals surface area contributed by atoms with Crippen molar-refractivity contribution in [2.45, 2.75) is 54.4 Å². The molecule has 0 aliphatic rings. The predicted molar refractivity (Wildman–Crippen MR) is 72.4 cm³/mol. The quantitative estimate of drug-likeness (QED) is 0.602. The molecular formula is C15H28. The maximum Gasteiger partial charge on any atom is -0.0167 e. The van der Waals surface area contributed by atoms with Gasteiger partial charge in [0.05, 0.1) is 0 Å². The summed E-state index contributed by atoms with van der Waals surface area (Å²) < 4.78 is 0. The molecule has 0 amide bonds. The molecule has 0 aromatic heterocycles. The van der Waals surface area contributed by atoms with Crippen LogP contribution in [0.3, 0.4) is 0 Å². The van der Waals surface area contributed by atoms with Gasteiger partial charge in [-0.3, -0.25) is 0 Å². The molecule has 0 aliphatic carbocycles. The molecule has 1 atom stereocenters. The zero-order valence-electron chi connectivity index (χ0n) is 11.5. The standard InChI is InChI=1S/C11H16.2C2H6/c1-9(2)10(3)11-7-5-4-6-8-11;2*1-2/h4-10H,1-3H3;2*1-2H3. The minimum atomic E-state index is 0.677. The molecule has 0 bridgehead atoms. The van der Waals surface area contributed by atoms with Crippen LogP contribution < -0.4 is 0 Å². The molecule has 0 nitrogen and oxygen atoms in total. The van der Waals surface area contributed by atoms with E-state index in [4.69, 9.17) is 0 Å². The molecule has 0 saturated carbocycles. The van der Waals surface area contributed by atoms with Crippen molar-refractivity contribution in [2.24, 2.45) is 5.92 Å². The number of benzene rings is 1. The van der Waals surface area contributed by atoms with Crippen LogP contribution in [0.25, 0.3) is 0 Å². The predicted octanol–water partition coefficient (Wildman–Crippen LogP) is 5.50. The third-order valence-corrected chi connectivity index (χ3v) is 2.33. The number of rotatable bonds is 2. The lowest BCUT2D eigenvalue weighted by Crippen LogP contribution is -2.00. The van der Waals surface area contributed by atoms with Crippen molar-refractivity contribution in [1.29, 1.82) is 0 Å². The molecule has 15 heavy (non-hydrogen) atoms. The summed E-state index contributed by atoms with van der Waals surface area (Å²) in [6.45, 7) is 14.8. The minimum absolute atomic E-state index is 0.677. The second kappa shape index (κ2) is 11.3. The van der Waals surface area contributed by atoms with Gasteiger partial charge in [-0.15, -0.1) is 0 Å². The van der Waals surface area contributed by atoms with Crippen LogP contribution in [-0.4, -0.2) is 0 Å². The third kappa shape index (κ3) is 7.18. The molecule has 0 aliphatic heterocycles. The van der Waals surface area contributed by atoms with E-state index < -0.39 is 0 Å². The average molecular weight is 208 g/mol. The highest BCUT2D eigenvalue weighted by atomic mass is 14.1. The van der Waals surface area contributed by atoms with Gasteiger partial charge in [0.15, 0.2) is 0 Å². The van der Waals surface area contributed by atoms with Crippen LogP contribution in [0.2, 0.25) is 0 Å². The Kier molecular flexibility index (Phi) is 12.5. The van der Waals surface area contributed by atoms with Gasteiger partial charge in [-0.1, -0.05) is 78.8 Å². The molecule has 1 aromatic carbocycles. The fourth-order valence-electron chi connectivity index (χ4n) is 1.14. The highest BCUT2D eigenvalue weighted by Crippen LogP contribution is 2.22. The van der Waals surface area contributed by atoms with Crippen LogP contribution in [0.5, 0.6) is 0 Å². The second-order valence-corrected chi connectivity index (χ2v) is 3.44. The molecule has 1 unspecified atom stereocenters. The zero-order chi connectivity index (χ0) is 12.3. The molecule has 0 saturated heterocycles. The summed E-state index contributed by atoms with van der Waals surface area (Å²) >= 11 is 0. The van der Waals surface area contributed by atoms with E-state index in [0.717, 1.165) is 5.92 Å². The third-order valence-electron chi connectivity index (χ3n) is 2.33. The molecule has 1 aromatic rings. The van der Waals surface area contributed by atoms with Crippen molar-refractivity contribution in [3.63, 3.8) is 0 Å². The van der Waals surface area contributed by atoms with Gasteiger partial charge in [-0.2, -0.15) is 0 Å². The topological polar surface area (TPSA) is 0 Å². The first-order valence-electron chi connectivity index (χ1n) is 6.26. The van der Waals surface area contributed by atoms with Gasteiger partial charge < -0.3 is 0 Å². The van der Waals surface area contributed by atoms with E-state index in [0.29, 0.717) is 5.92 Å². The summed E-state index contributed by atoms with van der Waals surface area (Å²) in [7, 11) is 0. The van der Waals surface area contributed by atoms with E-state index in [1.54, 1.807) is 0 Å². The van der Waals surface area contributed by atoms with Crippen molar-refractivity contribution < 1.29 is 0 Å². The molecule has 1 rings (SSSR count). The molecule has 0 heteroatoms.